The van der Waals surface area contributed by atoms with Crippen LogP contribution in [-0.2, 0) is 11.3 Å². The molecule has 0 aliphatic carbocycles. The number of hydrogen-bond acceptors (Lipinski definition) is 5. The van der Waals surface area contributed by atoms with Crippen LogP contribution in [0.5, 0.6) is 5.75 Å². The molecule has 0 saturated heterocycles. The molecule has 7 nitrogen and oxygen atoms in total. The summed E-state index contributed by atoms with van der Waals surface area (Å²) in [5.74, 6) is 1.51. The lowest BCUT2D eigenvalue weighted by atomic mass is 10.2. The van der Waals surface area contributed by atoms with E-state index in [2.05, 4.69) is 20.8 Å². The van der Waals surface area contributed by atoms with Crippen LogP contribution in [0, 0.1) is 0 Å². The zero-order valence-electron chi connectivity index (χ0n) is 14.6. The highest BCUT2D eigenvalue weighted by Crippen LogP contribution is 2.17. The summed E-state index contributed by atoms with van der Waals surface area (Å²) >= 11 is 0. The van der Waals surface area contributed by atoms with Gasteiger partial charge in [0.25, 0.3) is 0 Å². The lowest BCUT2D eigenvalue weighted by Gasteiger charge is -2.08. The maximum Gasteiger partial charge on any atom is 0.224 e. The van der Waals surface area contributed by atoms with E-state index in [4.69, 9.17) is 4.74 Å². The van der Waals surface area contributed by atoms with E-state index < -0.39 is 0 Å². The summed E-state index contributed by atoms with van der Waals surface area (Å²) in [7, 11) is 0. The normalized spacial score (nSPS) is 10.5. The molecular weight excluding hydrogens is 330 g/mol. The third-order valence-electron chi connectivity index (χ3n) is 3.81. The van der Waals surface area contributed by atoms with Crippen molar-refractivity contribution in [3.63, 3.8) is 0 Å². The molecule has 1 heterocycles. The zero-order chi connectivity index (χ0) is 18.2. The Bertz CT molecular complexity index is 831. The molecule has 26 heavy (non-hydrogen) atoms. The van der Waals surface area contributed by atoms with E-state index in [-0.39, 0.29) is 5.91 Å². The van der Waals surface area contributed by atoms with Crippen molar-refractivity contribution < 1.29 is 9.53 Å². The molecule has 7 heteroatoms. The number of nitrogens with zero attached hydrogens (tertiary/aromatic N) is 4. The molecule has 3 aromatic rings. The Morgan fingerprint density at radius 2 is 1.88 bits per heavy atom. The molecule has 0 atom stereocenters. The Balaban J connectivity index is 1.48. The Morgan fingerprint density at radius 3 is 2.62 bits per heavy atom. The largest absolute Gasteiger partial charge is 0.494 e. The Labute approximate surface area is 152 Å². The molecule has 1 aromatic heterocycles. The van der Waals surface area contributed by atoms with Crippen LogP contribution in [0.3, 0.4) is 0 Å². The quantitative estimate of drug-likeness (QED) is 0.631. The number of ether oxygens (including phenoxy) is 1. The highest BCUT2D eigenvalue weighted by Gasteiger charge is 2.08. The van der Waals surface area contributed by atoms with Gasteiger partial charge in [0.05, 0.1) is 6.61 Å². The van der Waals surface area contributed by atoms with Gasteiger partial charge in [0.1, 0.15) is 5.75 Å². The van der Waals surface area contributed by atoms with Crippen molar-refractivity contribution in [1.82, 2.24) is 20.2 Å². The molecule has 1 amide bonds. The number of benzene rings is 2. The predicted molar refractivity (Wildman–Crippen MR) is 98.7 cm³/mol. The first-order valence-corrected chi connectivity index (χ1v) is 8.60. The standard InChI is InChI=1S/C19H21N5O2/c1-2-18(25)20-16-9-11-17(12-10-16)26-14-6-13-24-19(21-22-23-24)15-7-4-3-5-8-15/h3-5,7-12H,2,6,13-14H2,1H3,(H,20,25). The molecule has 3 rings (SSSR count). The molecule has 2 aromatic carbocycles. The van der Waals surface area contributed by atoms with E-state index in [1.807, 2.05) is 61.5 Å². The van der Waals surface area contributed by atoms with Gasteiger partial charge in [0, 0.05) is 30.6 Å². The second kappa shape index (κ2) is 8.75. The number of rotatable bonds is 8. The van der Waals surface area contributed by atoms with Crippen molar-refractivity contribution in [3.05, 3.63) is 54.6 Å². The van der Waals surface area contributed by atoms with Gasteiger partial charge in [0.2, 0.25) is 5.91 Å². The van der Waals surface area contributed by atoms with Crippen LogP contribution < -0.4 is 10.1 Å². The summed E-state index contributed by atoms with van der Waals surface area (Å²) in [6, 6.07) is 17.2. The summed E-state index contributed by atoms with van der Waals surface area (Å²) in [5.41, 5.74) is 1.76. The molecule has 0 radical (unpaired) electrons. The first-order chi connectivity index (χ1) is 12.8. The number of amides is 1. The van der Waals surface area contributed by atoms with E-state index in [9.17, 15) is 4.79 Å². The fraction of sp³-hybridized carbons (Fsp3) is 0.263. The molecule has 134 valence electrons. The van der Waals surface area contributed by atoms with E-state index in [1.165, 1.54) is 0 Å². The van der Waals surface area contributed by atoms with Crippen molar-refractivity contribution in [2.75, 3.05) is 11.9 Å². The van der Waals surface area contributed by atoms with E-state index in [0.29, 0.717) is 19.6 Å². The van der Waals surface area contributed by atoms with E-state index in [1.54, 1.807) is 4.68 Å². The first kappa shape index (κ1) is 17.6. The summed E-state index contributed by atoms with van der Waals surface area (Å²) in [4.78, 5) is 11.4. The summed E-state index contributed by atoms with van der Waals surface area (Å²) in [6.07, 6.45) is 1.24. The SMILES string of the molecule is CCC(=O)Nc1ccc(OCCCn2nnnc2-c2ccccc2)cc1. The van der Waals surface area contributed by atoms with Gasteiger partial charge in [-0.1, -0.05) is 37.3 Å². The van der Waals surface area contributed by atoms with Crippen LogP contribution in [-0.4, -0.2) is 32.7 Å². The van der Waals surface area contributed by atoms with Crippen molar-refractivity contribution in [2.45, 2.75) is 26.3 Å². The first-order valence-electron chi connectivity index (χ1n) is 8.60. The van der Waals surface area contributed by atoms with Crippen LogP contribution >= 0.6 is 0 Å². The Kier molecular flexibility index (Phi) is 5.92. The van der Waals surface area contributed by atoms with Crippen LogP contribution in [0.4, 0.5) is 5.69 Å². The third-order valence-corrected chi connectivity index (χ3v) is 3.81. The molecule has 0 spiro atoms. The lowest BCUT2D eigenvalue weighted by Crippen LogP contribution is -2.09. The fourth-order valence-corrected chi connectivity index (χ4v) is 2.44. The number of carbonyl (C=O) groups is 1. The van der Waals surface area contributed by atoms with Crippen molar-refractivity contribution in [1.29, 1.82) is 0 Å². The highest BCUT2D eigenvalue weighted by atomic mass is 16.5. The van der Waals surface area contributed by atoms with E-state index in [0.717, 1.165) is 29.2 Å². The molecule has 0 bridgehead atoms. The maximum atomic E-state index is 11.4. The molecule has 1 N–H and O–H groups in total. The average molecular weight is 351 g/mol. The summed E-state index contributed by atoms with van der Waals surface area (Å²) in [5, 5.41) is 14.7. The van der Waals surface area contributed by atoms with Crippen molar-refractivity contribution in [2.24, 2.45) is 0 Å². The number of aryl methyl sites for hydroxylation is 1. The fourth-order valence-electron chi connectivity index (χ4n) is 2.44. The number of anilines is 1. The van der Waals surface area contributed by atoms with Gasteiger partial charge in [-0.2, -0.15) is 0 Å². The van der Waals surface area contributed by atoms with Gasteiger partial charge in [0.15, 0.2) is 5.82 Å². The van der Waals surface area contributed by atoms with Gasteiger partial charge in [-0.05, 0) is 34.7 Å². The lowest BCUT2D eigenvalue weighted by molar-refractivity contribution is -0.115. The Morgan fingerprint density at radius 1 is 1.12 bits per heavy atom. The molecule has 0 fully saturated rings. The van der Waals surface area contributed by atoms with Crippen molar-refractivity contribution >= 4 is 11.6 Å². The number of tetrazole rings is 1. The van der Waals surface area contributed by atoms with E-state index >= 15 is 0 Å². The van der Waals surface area contributed by atoms with Gasteiger partial charge in [-0.15, -0.1) is 5.10 Å². The average Bonchev–Trinajstić information content (AvgIpc) is 3.15. The predicted octanol–water partition coefficient (Wildman–Crippen LogP) is 3.16. The minimum Gasteiger partial charge on any atom is -0.494 e. The van der Waals surface area contributed by atoms with Crippen molar-refractivity contribution in [3.8, 4) is 17.1 Å². The van der Waals surface area contributed by atoms with Crippen LogP contribution in [0.1, 0.15) is 19.8 Å². The second-order valence-electron chi connectivity index (χ2n) is 5.72. The van der Waals surface area contributed by atoms with Crippen LogP contribution in [0.25, 0.3) is 11.4 Å². The Hall–Kier alpha value is -3.22. The smallest absolute Gasteiger partial charge is 0.224 e. The summed E-state index contributed by atoms with van der Waals surface area (Å²) in [6.45, 7) is 3.04. The topological polar surface area (TPSA) is 81.9 Å². The molecule has 0 unspecified atom stereocenters. The molecular formula is C19H21N5O2. The highest BCUT2D eigenvalue weighted by molar-refractivity contribution is 5.90. The van der Waals surface area contributed by atoms with Crippen LogP contribution in [0.2, 0.25) is 0 Å². The van der Waals surface area contributed by atoms with Gasteiger partial charge >= 0.3 is 0 Å². The number of carbonyl (C=O) groups excluding carboxylic acids is 1. The third kappa shape index (κ3) is 4.66. The maximum absolute atomic E-state index is 11.4. The number of hydrogen-bond donors (Lipinski definition) is 1. The van der Waals surface area contributed by atoms with Gasteiger partial charge in [-0.3, -0.25) is 4.79 Å². The zero-order valence-corrected chi connectivity index (χ0v) is 14.6. The van der Waals surface area contributed by atoms with Gasteiger partial charge in [-0.25, -0.2) is 4.68 Å². The molecule has 0 aliphatic heterocycles. The molecule has 0 aliphatic rings. The number of nitrogens with one attached hydrogen (secondary N) is 1. The monoisotopic (exact) mass is 351 g/mol. The van der Waals surface area contributed by atoms with Crippen LogP contribution in [0.15, 0.2) is 54.6 Å². The molecule has 0 saturated carbocycles. The minimum absolute atomic E-state index is 0.00525. The summed E-state index contributed by atoms with van der Waals surface area (Å²) < 4.78 is 7.52. The number of aromatic nitrogens is 4. The second-order valence-corrected chi connectivity index (χ2v) is 5.72. The van der Waals surface area contributed by atoms with Gasteiger partial charge < -0.3 is 10.1 Å². The minimum atomic E-state index is -0.00525.